The van der Waals surface area contributed by atoms with Crippen LogP contribution in [0, 0.1) is 0 Å². The molecule has 4 heteroatoms. The Morgan fingerprint density at radius 1 is 0.750 bits per heavy atom. The van der Waals surface area contributed by atoms with Crippen LogP contribution in [0.1, 0.15) is 77.6 Å². The van der Waals surface area contributed by atoms with E-state index in [1.165, 1.54) is 51.0 Å². The first-order valence-corrected chi connectivity index (χ1v) is 9.19. The molecular weight excluding hydrogens is 304 g/mol. The quantitative estimate of drug-likeness (QED) is 0.222. The van der Waals surface area contributed by atoms with E-state index in [9.17, 15) is 9.59 Å². The van der Waals surface area contributed by atoms with Crippen LogP contribution in [0.3, 0.4) is 0 Å². The number of hydrogen-bond acceptors (Lipinski definition) is 4. The third kappa shape index (κ3) is 15.3. The lowest BCUT2D eigenvalue weighted by Gasteiger charge is -2.05. The minimum Gasteiger partial charge on any atom is -0.463 e. The van der Waals surface area contributed by atoms with E-state index in [1.54, 1.807) is 6.92 Å². The monoisotopic (exact) mass is 338 g/mol. The molecule has 4 nitrogen and oxygen atoms in total. The van der Waals surface area contributed by atoms with E-state index in [4.69, 9.17) is 9.47 Å². The molecule has 0 atom stereocenters. The summed E-state index contributed by atoms with van der Waals surface area (Å²) in [6.45, 7) is 9.59. The third-order valence-electron chi connectivity index (χ3n) is 3.78. The second kappa shape index (κ2) is 16.3. The topological polar surface area (TPSA) is 52.6 Å². The molecule has 0 aromatic carbocycles. The van der Waals surface area contributed by atoms with E-state index < -0.39 is 0 Å². The summed E-state index contributed by atoms with van der Waals surface area (Å²) in [4.78, 5) is 22.0. The number of unbranched alkanes of at least 4 members (excludes halogenated alkanes) is 10. The summed E-state index contributed by atoms with van der Waals surface area (Å²) >= 11 is 0. The fraction of sp³-hybridized carbons (Fsp3) is 0.700. The number of carbonyl (C=O) groups excluding carboxylic acids is 2. The summed E-state index contributed by atoms with van der Waals surface area (Å²) in [5.41, 5.74) is 0.466. The zero-order valence-electron chi connectivity index (χ0n) is 15.3. The molecular formula is C20H34O4. The Balaban J connectivity index is 3.12. The standard InChI is InChI=1S/C20H34O4/c1-4-19(21)23-16-14-12-10-8-6-5-7-9-11-13-15-17-24-20(22)18(2)3/h4H,1-2,5-17H2,3H3. The molecule has 0 radical (unpaired) electrons. The van der Waals surface area contributed by atoms with Crippen LogP contribution in [0.5, 0.6) is 0 Å². The lowest BCUT2D eigenvalue weighted by molar-refractivity contribution is -0.139. The van der Waals surface area contributed by atoms with Gasteiger partial charge in [0.25, 0.3) is 0 Å². The van der Waals surface area contributed by atoms with Crippen molar-refractivity contribution in [2.75, 3.05) is 13.2 Å². The number of carbonyl (C=O) groups is 2. The van der Waals surface area contributed by atoms with Crippen LogP contribution in [0.2, 0.25) is 0 Å². The van der Waals surface area contributed by atoms with E-state index in [-0.39, 0.29) is 11.9 Å². The number of ether oxygens (including phenoxy) is 2. The average Bonchev–Trinajstić information content (AvgIpc) is 2.57. The Morgan fingerprint density at radius 2 is 1.12 bits per heavy atom. The summed E-state index contributed by atoms with van der Waals surface area (Å²) in [6, 6.07) is 0. The molecule has 0 aliphatic rings. The van der Waals surface area contributed by atoms with Crippen molar-refractivity contribution in [3.05, 3.63) is 24.8 Å². The number of esters is 2. The van der Waals surface area contributed by atoms with Gasteiger partial charge in [0.05, 0.1) is 13.2 Å². The first-order chi connectivity index (χ1) is 11.6. The summed E-state index contributed by atoms with van der Waals surface area (Å²) in [6.07, 6.45) is 14.1. The number of rotatable bonds is 16. The molecule has 0 heterocycles. The maximum atomic E-state index is 11.2. The summed E-state index contributed by atoms with van der Waals surface area (Å²) in [5, 5.41) is 0. The van der Waals surface area contributed by atoms with Crippen molar-refractivity contribution in [2.24, 2.45) is 0 Å². The average molecular weight is 338 g/mol. The van der Waals surface area contributed by atoms with E-state index in [0.717, 1.165) is 25.7 Å². The number of hydrogen-bond donors (Lipinski definition) is 0. The van der Waals surface area contributed by atoms with Gasteiger partial charge in [-0.1, -0.05) is 70.9 Å². The molecule has 0 aliphatic heterocycles. The van der Waals surface area contributed by atoms with Crippen LogP contribution in [0.25, 0.3) is 0 Å². The van der Waals surface area contributed by atoms with Gasteiger partial charge in [0.15, 0.2) is 0 Å². The Bertz CT molecular complexity index is 374. The van der Waals surface area contributed by atoms with Crippen molar-refractivity contribution in [2.45, 2.75) is 77.6 Å². The van der Waals surface area contributed by atoms with Crippen LogP contribution in [0.15, 0.2) is 24.8 Å². The largest absolute Gasteiger partial charge is 0.463 e. The molecule has 0 rings (SSSR count). The Morgan fingerprint density at radius 3 is 1.50 bits per heavy atom. The fourth-order valence-electron chi connectivity index (χ4n) is 2.31. The normalized spacial score (nSPS) is 10.2. The lowest BCUT2D eigenvalue weighted by Crippen LogP contribution is -2.05. The van der Waals surface area contributed by atoms with Gasteiger partial charge in [-0.2, -0.15) is 0 Å². The predicted octanol–water partition coefficient (Wildman–Crippen LogP) is 5.13. The Kier molecular flexibility index (Phi) is 15.2. The van der Waals surface area contributed by atoms with E-state index in [0.29, 0.717) is 18.8 Å². The molecule has 0 aromatic heterocycles. The van der Waals surface area contributed by atoms with Crippen LogP contribution in [-0.2, 0) is 19.1 Å². The highest BCUT2D eigenvalue weighted by atomic mass is 16.5. The van der Waals surface area contributed by atoms with Gasteiger partial charge in [-0.3, -0.25) is 0 Å². The molecule has 0 fully saturated rings. The van der Waals surface area contributed by atoms with Gasteiger partial charge in [-0.25, -0.2) is 9.59 Å². The van der Waals surface area contributed by atoms with Gasteiger partial charge in [0.2, 0.25) is 0 Å². The highest BCUT2D eigenvalue weighted by Gasteiger charge is 2.01. The zero-order chi connectivity index (χ0) is 18.0. The van der Waals surface area contributed by atoms with Crippen LogP contribution >= 0.6 is 0 Å². The van der Waals surface area contributed by atoms with Crippen molar-refractivity contribution in [1.82, 2.24) is 0 Å². The van der Waals surface area contributed by atoms with Crippen LogP contribution in [-0.4, -0.2) is 25.2 Å². The summed E-state index contributed by atoms with van der Waals surface area (Å²) in [7, 11) is 0. The SMILES string of the molecule is C=CC(=O)OCCCCCCCCCCCCCOC(=O)C(=C)C. The van der Waals surface area contributed by atoms with Crippen LogP contribution in [0.4, 0.5) is 0 Å². The summed E-state index contributed by atoms with van der Waals surface area (Å²) < 4.78 is 9.98. The predicted molar refractivity (Wildman–Crippen MR) is 97.7 cm³/mol. The molecule has 0 spiro atoms. The van der Waals surface area contributed by atoms with Crippen LogP contribution < -0.4 is 0 Å². The Labute approximate surface area is 147 Å². The molecule has 0 bridgehead atoms. The molecule has 0 aliphatic carbocycles. The van der Waals surface area contributed by atoms with Gasteiger partial charge in [-0.15, -0.1) is 0 Å². The molecule has 0 saturated carbocycles. The maximum Gasteiger partial charge on any atom is 0.333 e. The fourth-order valence-corrected chi connectivity index (χ4v) is 2.31. The minimum atomic E-state index is -0.330. The van der Waals surface area contributed by atoms with Crippen molar-refractivity contribution in [3.8, 4) is 0 Å². The zero-order valence-corrected chi connectivity index (χ0v) is 15.3. The smallest absolute Gasteiger partial charge is 0.333 e. The highest BCUT2D eigenvalue weighted by molar-refractivity contribution is 5.86. The first-order valence-electron chi connectivity index (χ1n) is 9.19. The maximum absolute atomic E-state index is 11.2. The van der Waals surface area contributed by atoms with Gasteiger partial charge < -0.3 is 9.47 Å². The Hall–Kier alpha value is -1.58. The molecule has 0 amide bonds. The van der Waals surface area contributed by atoms with Crippen molar-refractivity contribution < 1.29 is 19.1 Å². The van der Waals surface area contributed by atoms with E-state index in [1.807, 2.05) is 0 Å². The van der Waals surface area contributed by atoms with Crippen molar-refractivity contribution in [1.29, 1.82) is 0 Å². The third-order valence-corrected chi connectivity index (χ3v) is 3.78. The van der Waals surface area contributed by atoms with Gasteiger partial charge in [0, 0.05) is 11.6 Å². The van der Waals surface area contributed by atoms with Gasteiger partial charge in [-0.05, 0) is 19.8 Å². The van der Waals surface area contributed by atoms with Gasteiger partial charge >= 0.3 is 11.9 Å². The molecule has 24 heavy (non-hydrogen) atoms. The second-order valence-corrected chi connectivity index (χ2v) is 6.18. The van der Waals surface area contributed by atoms with Gasteiger partial charge in [0.1, 0.15) is 0 Å². The first kappa shape index (κ1) is 22.4. The molecule has 0 aromatic rings. The lowest BCUT2D eigenvalue weighted by atomic mass is 10.1. The molecule has 138 valence electrons. The summed E-state index contributed by atoms with van der Waals surface area (Å²) in [5.74, 6) is -0.613. The molecule has 0 saturated heterocycles. The minimum absolute atomic E-state index is 0.283. The van der Waals surface area contributed by atoms with Crippen molar-refractivity contribution in [3.63, 3.8) is 0 Å². The molecule has 0 N–H and O–H groups in total. The van der Waals surface area contributed by atoms with E-state index in [2.05, 4.69) is 13.2 Å². The molecule has 0 unspecified atom stereocenters. The van der Waals surface area contributed by atoms with Crippen molar-refractivity contribution >= 4 is 11.9 Å². The van der Waals surface area contributed by atoms with E-state index >= 15 is 0 Å². The second-order valence-electron chi connectivity index (χ2n) is 6.18. The highest BCUT2D eigenvalue weighted by Crippen LogP contribution is 2.11.